The molecule has 1 unspecified atom stereocenters. The second-order valence-corrected chi connectivity index (χ2v) is 5.30. The number of phenols is 2. The van der Waals surface area contributed by atoms with Crippen LogP contribution >= 0.6 is 11.8 Å². The second-order valence-electron chi connectivity index (χ2n) is 4.31. The molecule has 8 heteroatoms. The summed E-state index contributed by atoms with van der Waals surface area (Å²) in [5.74, 6) is -1.06. The Hall–Kier alpha value is -2.09. The van der Waals surface area contributed by atoms with Crippen molar-refractivity contribution in [2.45, 2.75) is 12.5 Å². The number of phenolic OH excluding ortho intramolecular Hbond substituents is 2. The van der Waals surface area contributed by atoms with Gasteiger partial charge < -0.3 is 26.0 Å². The number of carbonyl (C=O) groups excluding carboxylic acids is 1. The quantitative estimate of drug-likeness (QED) is 0.374. The minimum atomic E-state index is -1.18. The highest BCUT2D eigenvalue weighted by molar-refractivity contribution is 7.98. The van der Waals surface area contributed by atoms with Gasteiger partial charge in [-0.15, -0.1) is 0 Å². The fourth-order valence-corrected chi connectivity index (χ4v) is 1.91. The van der Waals surface area contributed by atoms with Crippen molar-refractivity contribution in [2.24, 2.45) is 0 Å². The van der Waals surface area contributed by atoms with Crippen LogP contribution in [0, 0.1) is 0 Å². The third-order valence-corrected chi connectivity index (χ3v) is 3.29. The highest BCUT2D eigenvalue weighted by Crippen LogP contribution is 2.25. The Balaban J connectivity index is 2.63. The van der Waals surface area contributed by atoms with Gasteiger partial charge in [-0.2, -0.15) is 11.8 Å². The number of urea groups is 1. The van der Waals surface area contributed by atoms with Gasteiger partial charge in [-0.1, -0.05) is 6.07 Å². The molecule has 21 heavy (non-hydrogen) atoms. The number of nitrogens with one attached hydrogen (secondary N) is 2. The van der Waals surface area contributed by atoms with Gasteiger partial charge in [0, 0.05) is 18.7 Å². The van der Waals surface area contributed by atoms with Gasteiger partial charge in [0.2, 0.25) is 0 Å². The smallest absolute Gasteiger partial charge is 0.326 e. The molecule has 0 heterocycles. The van der Waals surface area contributed by atoms with E-state index in [1.54, 1.807) is 11.8 Å². The second kappa shape index (κ2) is 8.25. The van der Waals surface area contributed by atoms with Crippen molar-refractivity contribution >= 4 is 23.8 Å². The minimum absolute atomic E-state index is 0.000872. The summed E-state index contributed by atoms with van der Waals surface area (Å²) in [6.07, 6.45) is 1.90. The molecule has 1 atom stereocenters. The lowest BCUT2D eigenvalue weighted by Gasteiger charge is -2.15. The Labute approximate surface area is 126 Å². The Morgan fingerprint density at radius 1 is 1.29 bits per heavy atom. The number of carboxylic acid groups (broad SMARTS) is 1. The number of aliphatic carboxylic acids is 1. The number of rotatable bonds is 7. The number of thioether (sulfide) groups is 1. The summed E-state index contributed by atoms with van der Waals surface area (Å²) in [7, 11) is 0. The first-order valence-corrected chi connectivity index (χ1v) is 7.60. The highest BCUT2D eigenvalue weighted by Gasteiger charge is 2.20. The van der Waals surface area contributed by atoms with Crippen molar-refractivity contribution in [1.82, 2.24) is 10.6 Å². The molecular weight excluding hydrogens is 296 g/mol. The Morgan fingerprint density at radius 3 is 2.57 bits per heavy atom. The lowest BCUT2D eigenvalue weighted by molar-refractivity contribution is -0.139. The van der Waals surface area contributed by atoms with E-state index < -0.39 is 18.0 Å². The van der Waals surface area contributed by atoms with Crippen molar-refractivity contribution in [3.8, 4) is 11.5 Å². The zero-order chi connectivity index (χ0) is 15.8. The average molecular weight is 314 g/mol. The topological polar surface area (TPSA) is 119 Å². The zero-order valence-corrected chi connectivity index (χ0v) is 12.3. The maximum atomic E-state index is 11.6. The van der Waals surface area contributed by atoms with E-state index in [0.29, 0.717) is 12.1 Å². The van der Waals surface area contributed by atoms with Crippen LogP contribution in [0.2, 0.25) is 0 Å². The maximum Gasteiger partial charge on any atom is 0.326 e. The van der Waals surface area contributed by atoms with Crippen LogP contribution in [0.25, 0.3) is 0 Å². The number of hydrogen-bond acceptors (Lipinski definition) is 5. The first-order valence-electron chi connectivity index (χ1n) is 6.21. The molecule has 0 fully saturated rings. The van der Waals surface area contributed by atoms with Crippen molar-refractivity contribution in [3.63, 3.8) is 0 Å². The number of aromatic hydroxyl groups is 2. The predicted molar refractivity (Wildman–Crippen MR) is 79.8 cm³/mol. The highest BCUT2D eigenvalue weighted by atomic mass is 32.2. The summed E-state index contributed by atoms with van der Waals surface area (Å²) >= 11 is 1.56. The van der Waals surface area contributed by atoms with Crippen LogP contribution in [0.15, 0.2) is 18.2 Å². The van der Waals surface area contributed by atoms with Crippen LogP contribution < -0.4 is 10.6 Å². The molecule has 1 rings (SSSR count). The molecular formula is C13H18N2O5S. The fraction of sp³-hybridized carbons (Fsp3) is 0.385. The first-order chi connectivity index (χ1) is 9.93. The van der Waals surface area contributed by atoms with E-state index in [4.69, 9.17) is 5.11 Å². The van der Waals surface area contributed by atoms with E-state index in [1.807, 2.05) is 6.26 Å². The van der Waals surface area contributed by atoms with Gasteiger partial charge in [-0.25, -0.2) is 9.59 Å². The van der Waals surface area contributed by atoms with Crippen molar-refractivity contribution < 1.29 is 24.9 Å². The van der Waals surface area contributed by atoms with E-state index in [-0.39, 0.29) is 17.9 Å². The Morgan fingerprint density at radius 2 is 2.00 bits per heavy atom. The van der Waals surface area contributed by atoms with E-state index in [9.17, 15) is 19.8 Å². The lowest BCUT2D eigenvalue weighted by Crippen LogP contribution is -2.47. The number of amides is 2. The molecule has 0 saturated heterocycles. The van der Waals surface area contributed by atoms with Gasteiger partial charge in [-0.3, -0.25) is 0 Å². The molecule has 0 spiro atoms. The third-order valence-electron chi connectivity index (χ3n) is 2.67. The Bertz CT molecular complexity index is 509. The zero-order valence-electron chi connectivity index (χ0n) is 11.5. The fourth-order valence-electron chi connectivity index (χ4n) is 1.61. The SMILES string of the molecule is CSCCNC(=O)NC(Cc1ccc(O)c(O)c1)C(=O)O. The van der Waals surface area contributed by atoms with Crippen LogP contribution in [-0.2, 0) is 11.2 Å². The first kappa shape index (κ1) is 17.0. The van der Waals surface area contributed by atoms with Crippen LogP contribution in [0.4, 0.5) is 4.79 Å². The summed E-state index contributed by atoms with van der Waals surface area (Å²) in [5, 5.41) is 32.6. The molecule has 2 amide bonds. The lowest BCUT2D eigenvalue weighted by atomic mass is 10.1. The maximum absolute atomic E-state index is 11.6. The van der Waals surface area contributed by atoms with Gasteiger partial charge >= 0.3 is 12.0 Å². The van der Waals surface area contributed by atoms with E-state index in [0.717, 1.165) is 5.75 Å². The molecule has 0 aliphatic carbocycles. The van der Waals surface area contributed by atoms with E-state index in [2.05, 4.69) is 10.6 Å². The molecule has 116 valence electrons. The van der Waals surface area contributed by atoms with Gasteiger partial charge in [-0.05, 0) is 24.0 Å². The number of benzene rings is 1. The largest absolute Gasteiger partial charge is 0.504 e. The van der Waals surface area contributed by atoms with Crippen LogP contribution in [0.1, 0.15) is 5.56 Å². The van der Waals surface area contributed by atoms with E-state index >= 15 is 0 Å². The molecule has 0 bridgehead atoms. The van der Waals surface area contributed by atoms with Crippen LogP contribution in [-0.4, -0.2) is 51.9 Å². The van der Waals surface area contributed by atoms with Crippen molar-refractivity contribution in [1.29, 1.82) is 0 Å². The van der Waals surface area contributed by atoms with Crippen molar-refractivity contribution in [3.05, 3.63) is 23.8 Å². The summed E-state index contributed by atoms with van der Waals surface area (Å²) in [6.45, 7) is 0.444. The molecule has 1 aromatic rings. The van der Waals surface area contributed by atoms with Gasteiger partial charge in [0.25, 0.3) is 0 Å². The molecule has 5 N–H and O–H groups in total. The van der Waals surface area contributed by atoms with Crippen LogP contribution in [0.3, 0.4) is 0 Å². The van der Waals surface area contributed by atoms with E-state index in [1.165, 1.54) is 18.2 Å². The number of carbonyl (C=O) groups is 2. The molecule has 0 aromatic heterocycles. The summed E-state index contributed by atoms with van der Waals surface area (Å²) < 4.78 is 0. The molecule has 1 aromatic carbocycles. The number of carboxylic acids is 1. The van der Waals surface area contributed by atoms with Gasteiger partial charge in [0.15, 0.2) is 11.5 Å². The normalized spacial score (nSPS) is 11.7. The minimum Gasteiger partial charge on any atom is -0.504 e. The summed E-state index contributed by atoms with van der Waals surface area (Å²) in [6, 6.07) is 2.33. The van der Waals surface area contributed by atoms with Crippen molar-refractivity contribution in [2.75, 3.05) is 18.6 Å². The third kappa shape index (κ3) is 5.82. The molecule has 7 nitrogen and oxygen atoms in total. The van der Waals surface area contributed by atoms with Crippen LogP contribution in [0.5, 0.6) is 11.5 Å². The standard InChI is InChI=1S/C13H18N2O5S/c1-21-5-4-14-13(20)15-9(12(18)19)6-8-2-3-10(16)11(17)7-8/h2-3,7,9,16-17H,4-6H2,1H3,(H,18,19)(H2,14,15,20). The molecule has 0 aliphatic heterocycles. The van der Waals surface area contributed by atoms with Gasteiger partial charge in [0.1, 0.15) is 6.04 Å². The summed E-state index contributed by atoms with van der Waals surface area (Å²) in [5.41, 5.74) is 0.488. The molecule has 0 radical (unpaired) electrons. The summed E-state index contributed by atoms with van der Waals surface area (Å²) in [4.78, 5) is 22.7. The monoisotopic (exact) mass is 314 g/mol. The predicted octanol–water partition coefficient (Wildman–Crippen LogP) is 0.756. The average Bonchev–Trinajstić information content (AvgIpc) is 2.42. The van der Waals surface area contributed by atoms with Gasteiger partial charge in [0.05, 0.1) is 0 Å². The molecule has 0 saturated carbocycles. The molecule has 0 aliphatic rings. The Kier molecular flexibility index (Phi) is 6.67. The number of hydrogen-bond donors (Lipinski definition) is 5.